The predicted molar refractivity (Wildman–Crippen MR) is 88.1 cm³/mol. The highest BCUT2D eigenvalue weighted by Gasteiger charge is 2.21. The predicted octanol–water partition coefficient (Wildman–Crippen LogP) is 3.28. The van der Waals surface area contributed by atoms with E-state index in [1.165, 1.54) is 11.3 Å². The largest absolute Gasteiger partial charge is 0.459 e. The van der Waals surface area contributed by atoms with E-state index in [0.29, 0.717) is 28.7 Å². The van der Waals surface area contributed by atoms with E-state index in [-0.39, 0.29) is 17.4 Å². The number of hydrogen-bond donors (Lipinski definition) is 1. The highest BCUT2D eigenvalue weighted by Crippen LogP contribution is 2.35. The van der Waals surface area contributed by atoms with Crippen molar-refractivity contribution in [3.63, 3.8) is 0 Å². The van der Waals surface area contributed by atoms with Gasteiger partial charge in [0.2, 0.25) is 5.28 Å². The number of esters is 1. The van der Waals surface area contributed by atoms with E-state index in [4.69, 9.17) is 21.1 Å². The van der Waals surface area contributed by atoms with Crippen LogP contribution in [0.2, 0.25) is 5.28 Å². The van der Waals surface area contributed by atoms with Gasteiger partial charge in [-0.3, -0.25) is 0 Å². The number of carbonyl (C=O) groups excluding carboxylic acids is 1. The minimum absolute atomic E-state index is 0.137. The van der Waals surface area contributed by atoms with Gasteiger partial charge in [0, 0.05) is 13.7 Å². The first-order chi connectivity index (χ1) is 10.4. The van der Waals surface area contributed by atoms with E-state index in [2.05, 4.69) is 15.3 Å². The monoisotopic (exact) mass is 343 g/mol. The van der Waals surface area contributed by atoms with Crippen molar-refractivity contribution in [1.82, 2.24) is 9.97 Å². The lowest BCUT2D eigenvalue weighted by Gasteiger charge is -2.08. The van der Waals surface area contributed by atoms with E-state index in [1.807, 2.05) is 20.8 Å². The number of halogens is 1. The second-order valence-electron chi connectivity index (χ2n) is 4.95. The molecule has 0 aliphatic carbocycles. The van der Waals surface area contributed by atoms with Crippen LogP contribution in [0.3, 0.4) is 0 Å². The van der Waals surface area contributed by atoms with E-state index in [1.54, 1.807) is 7.11 Å². The van der Waals surface area contributed by atoms with Crippen LogP contribution in [-0.4, -0.2) is 42.3 Å². The third-order valence-corrected chi connectivity index (χ3v) is 4.22. The maximum absolute atomic E-state index is 12.2. The van der Waals surface area contributed by atoms with Crippen LogP contribution in [0.5, 0.6) is 0 Å². The Morgan fingerprint density at radius 2 is 2.14 bits per heavy atom. The normalized spacial score (nSPS) is 11.2. The Labute approximate surface area is 137 Å². The third-order valence-electron chi connectivity index (χ3n) is 2.89. The second kappa shape index (κ2) is 7.21. The molecule has 0 radical (unpaired) electrons. The average molecular weight is 344 g/mol. The number of fused-ring (bicyclic) bond motifs is 1. The molecule has 0 atom stereocenters. The molecule has 22 heavy (non-hydrogen) atoms. The summed E-state index contributed by atoms with van der Waals surface area (Å²) in [7, 11) is 1.63. The minimum atomic E-state index is -0.352. The summed E-state index contributed by atoms with van der Waals surface area (Å²) in [6.45, 7) is 6.60. The van der Waals surface area contributed by atoms with E-state index in [9.17, 15) is 4.79 Å². The van der Waals surface area contributed by atoms with Crippen molar-refractivity contribution in [2.45, 2.75) is 26.9 Å². The quantitative estimate of drug-likeness (QED) is 0.493. The summed E-state index contributed by atoms with van der Waals surface area (Å²) in [5, 5.41) is 4.09. The molecule has 120 valence electrons. The summed E-state index contributed by atoms with van der Waals surface area (Å²) in [6.07, 6.45) is -0.175. The first-order valence-corrected chi connectivity index (χ1v) is 8.04. The Bertz CT molecular complexity index is 688. The number of nitrogens with one attached hydrogen (secondary N) is 1. The van der Waals surface area contributed by atoms with Gasteiger partial charge in [-0.05, 0) is 37.9 Å². The van der Waals surface area contributed by atoms with Crippen LogP contribution < -0.4 is 5.32 Å². The van der Waals surface area contributed by atoms with Crippen molar-refractivity contribution in [3.05, 3.63) is 15.7 Å². The Morgan fingerprint density at radius 3 is 2.77 bits per heavy atom. The van der Waals surface area contributed by atoms with Gasteiger partial charge in [0.15, 0.2) is 0 Å². The summed E-state index contributed by atoms with van der Waals surface area (Å²) in [5.74, 6) is 0.249. The summed E-state index contributed by atoms with van der Waals surface area (Å²) in [5.41, 5.74) is 0.794. The highest BCUT2D eigenvalue weighted by molar-refractivity contribution is 7.20. The lowest BCUT2D eigenvalue weighted by molar-refractivity contribution is 0.0383. The van der Waals surface area contributed by atoms with Gasteiger partial charge in [0.05, 0.1) is 18.1 Å². The van der Waals surface area contributed by atoms with Crippen molar-refractivity contribution in [2.75, 3.05) is 25.6 Å². The molecule has 0 spiro atoms. The zero-order chi connectivity index (χ0) is 16.3. The number of aromatic nitrogens is 2. The lowest BCUT2D eigenvalue weighted by atomic mass is 10.2. The van der Waals surface area contributed by atoms with Crippen LogP contribution in [0.1, 0.15) is 29.1 Å². The standard InChI is InChI=1S/C14H18ClN3O3S/c1-7(2)21-13(19)10-8(3)9-11(16-5-6-20-4)17-14(15)18-12(9)22-10/h7H,5-6H2,1-4H3,(H,16,17,18). The molecule has 8 heteroatoms. The molecule has 2 aromatic rings. The first kappa shape index (κ1) is 16.9. The van der Waals surface area contributed by atoms with Gasteiger partial charge in [0.25, 0.3) is 0 Å². The molecule has 0 unspecified atom stereocenters. The molecule has 0 amide bonds. The topological polar surface area (TPSA) is 73.3 Å². The zero-order valence-electron chi connectivity index (χ0n) is 12.9. The van der Waals surface area contributed by atoms with Gasteiger partial charge in [-0.2, -0.15) is 0 Å². The number of aryl methyl sites for hydroxylation is 1. The number of rotatable bonds is 6. The van der Waals surface area contributed by atoms with Gasteiger partial charge in [-0.15, -0.1) is 11.3 Å². The Kier molecular flexibility index (Phi) is 5.55. The Hall–Kier alpha value is -1.44. The fraction of sp³-hybridized carbons (Fsp3) is 0.500. The van der Waals surface area contributed by atoms with Crippen molar-refractivity contribution in [3.8, 4) is 0 Å². The fourth-order valence-electron chi connectivity index (χ4n) is 1.97. The Morgan fingerprint density at radius 1 is 1.41 bits per heavy atom. The van der Waals surface area contributed by atoms with Crippen molar-refractivity contribution in [2.24, 2.45) is 0 Å². The molecule has 0 aliphatic rings. The van der Waals surface area contributed by atoms with Crippen LogP contribution in [0.4, 0.5) is 5.82 Å². The number of carbonyl (C=O) groups is 1. The third kappa shape index (κ3) is 3.66. The SMILES string of the molecule is COCCNc1nc(Cl)nc2sc(C(=O)OC(C)C)c(C)c12. The number of ether oxygens (including phenoxy) is 2. The molecule has 0 saturated carbocycles. The minimum Gasteiger partial charge on any atom is -0.459 e. The van der Waals surface area contributed by atoms with E-state index < -0.39 is 0 Å². The molecule has 2 rings (SSSR count). The molecule has 0 saturated heterocycles. The molecule has 0 aromatic carbocycles. The molecule has 6 nitrogen and oxygen atoms in total. The van der Waals surface area contributed by atoms with Crippen LogP contribution in [0.15, 0.2) is 0 Å². The summed E-state index contributed by atoms with van der Waals surface area (Å²) in [6, 6.07) is 0. The number of anilines is 1. The van der Waals surface area contributed by atoms with Crippen LogP contribution >= 0.6 is 22.9 Å². The number of methoxy groups -OCH3 is 1. The van der Waals surface area contributed by atoms with Crippen LogP contribution in [-0.2, 0) is 9.47 Å². The smallest absolute Gasteiger partial charge is 0.348 e. The molecule has 0 fully saturated rings. The fourth-order valence-corrected chi connectivity index (χ4v) is 3.26. The second-order valence-corrected chi connectivity index (χ2v) is 6.29. The zero-order valence-corrected chi connectivity index (χ0v) is 14.5. The van der Waals surface area contributed by atoms with Gasteiger partial charge >= 0.3 is 5.97 Å². The van der Waals surface area contributed by atoms with Crippen molar-refractivity contribution < 1.29 is 14.3 Å². The average Bonchev–Trinajstić information content (AvgIpc) is 2.75. The maximum atomic E-state index is 12.2. The molecular formula is C14H18ClN3O3S. The van der Waals surface area contributed by atoms with Gasteiger partial charge in [0.1, 0.15) is 15.5 Å². The summed E-state index contributed by atoms with van der Waals surface area (Å²) in [4.78, 5) is 21.8. The van der Waals surface area contributed by atoms with Gasteiger partial charge in [-0.25, -0.2) is 14.8 Å². The molecule has 1 N–H and O–H groups in total. The number of nitrogens with zero attached hydrogens (tertiary/aromatic N) is 2. The molecular weight excluding hydrogens is 326 g/mol. The van der Waals surface area contributed by atoms with Crippen LogP contribution in [0, 0.1) is 6.92 Å². The summed E-state index contributed by atoms with van der Waals surface area (Å²) < 4.78 is 10.3. The molecule has 0 aliphatic heterocycles. The highest BCUT2D eigenvalue weighted by atomic mass is 35.5. The first-order valence-electron chi connectivity index (χ1n) is 6.84. The van der Waals surface area contributed by atoms with E-state index in [0.717, 1.165) is 10.9 Å². The Balaban J connectivity index is 2.44. The van der Waals surface area contributed by atoms with Gasteiger partial charge < -0.3 is 14.8 Å². The summed E-state index contributed by atoms with van der Waals surface area (Å²) >= 11 is 7.22. The maximum Gasteiger partial charge on any atom is 0.348 e. The van der Waals surface area contributed by atoms with Gasteiger partial charge in [-0.1, -0.05) is 0 Å². The molecule has 0 bridgehead atoms. The van der Waals surface area contributed by atoms with E-state index >= 15 is 0 Å². The molecule has 2 aromatic heterocycles. The van der Waals surface area contributed by atoms with Crippen LogP contribution in [0.25, 0.3) is 10.2 Å². The van der Waals surface area contributed by atoms with Crippen molar-refractivity contribution in [1.29, 1.82) is 0 Å². The number of hydrogen-bond acceptors (Lipinski definition) is 7. The molecule has 2 heterocycles. The lowest BCUT2D eigenvalue weighted by Crippen LogP contribution is -2.11. The number of thiophene rings is 1. The van der Waals surface area contributed by atoms with Crippen molar-refractivity contribution >= 4 is 44.9 Å².